The summed E-state index contributed by atoms with van der Waals surface area (Å²) in [6, 6.07) is 4.98. The van der Waals surface area contributed by atoms with Gasteiger partial charge in [0.1, 0.15) is 5.82 Å². The Labute approximate surface area is 114 Å². The molecule has 1 atom stereocenters. The smallest absolute Gasteiger partial charge is 0.249 e. The number of fused-ring (bicyclic) bond motifs is 1. The van der Waals surface area contributed by atoms with Crippen molar-refractivity contribution < 1.29 is 13.2 Å². The molecule has 3 rings (SSSR count). The molecule has 0 radical (unpaired) electrons. The lowest BCUT2D eigenvalue weighted by molar-refractivity contribution is -0.137. The van der Waals surface area contributed by atoms with Crippen molar-refractivity contribution in [2.24, 2.45) is 5.92 Å². The fourth-order valence-electron chi connectivity index (χ4n) is 2.39. The van der Waals surface area contributed by atoms with Crippen LogP contribution in [0.2, 0.25) is 0 Å². The predicted molar refractivity (Wildman–Crippen MR) is 67.9 cm³/mol. The number of alkyl halides is 3. The highest BCUT2D eigenvalue weighted by Crippen LogP contribution is 2.30. The van der Waals surface area contributed by atoms with Crippen LogP contribution in [0.4, 0.5) is 13.2 Å². The summed E-state index contributed by atoms with van der Waals surface area (Å²) in [5.74, 6) is 1.99. The van der Waals surface area contributed by atoms with Gasteiger partial charge in [0.15, 0.2) is 5.82 Å². The molecule has 0 aliphatic carbocycles. The molecule has 0 saturated carbocycles. The van der Waals surface area contributed by atoms with E-state index in [0.29, 0.717) is 17.3 Å². The minimum Gasteiger partial charge on any atom is -0.249 e. The van der Waals surface area contributed by atoms with Crippen LogP contribution in [0.5, 0.6) is 0 Å². The van der Waals surface area contributed by atoms with Crippen LogP contribution in [-0.4, -0.2) is 14.8 Å². The number of hydrogen-bond donors (Lipinski definition) is 0. The first-order valence-corrected chi connectivity index (χ1v) is 6.55. The van der Waals surface area contributed by atoms with Gasteiger partial charge in [-0.05, 0) is 24.5 Å². The van der Waals surface area contributed by atoms with Crippen LogP contribution >= 0.6 is 0 Å². The molecule has 0 saturated heterocycles. The van der Waals surface area contributed by atoms with E-state index in [1.165, 1.54) is 12.1 Å². The molecule has 6 heteroatoms. The predicted octanol–water partition coefficient (Wildman–Crippen LogP) is 3.55. The summed E-state index contributed by atoms with van der Waals surface area (Å²) in [4.78, 5) is 4.43. The SMILES string of the molecule is CC1CCn2nc(-c3ccc(C(F)(F)F)cc3)nc2C1. The second-order valence-corrected chi connectivity index (χ2v) is 5.25. The molecule has 0 amide bonds. The van der Waals surface area contributed by atoms with E-state index in [2.05, 4.69) is 17.0 Å². The Hall–Kier alpha value is -1.85. The number of hydrogen-bond acceptors (Lipinski definition) is 2. The summed E-state index contributed by atoms with van der Waals surface area (Å²) < 4.78 is 39.4. The molecule has 1 aromatic carbocycles. The molecular formula is C14H14F3N3. The van der Waals surface area contributed by atoms with E-state index in [1.54, 1.807) is 0 Å². The summed E-state index contributed by atoms with van der Waals surface area (Å²) in [6.07, 6.45) is -2.38. The van der Waals surface area contributed by atoms with Crippen LogP contribution in [0.25, 0.3) is 11.4 Å². The van der Waals surface area contributed by atoms with E-state index in [-0.39, 0.29) is 0 Å². The van der Waals surface area contributed by atoms with Gasteiger partial charge in [-0.15, -0.1) is 0 Å². The van der Waals surface area contributed by atoms with Gasteiger partial charge >= 0.3 is 6.18 Å². The zero-order chi connectivity index (χ0) is 14.3. The highest BCUT2D eigenvalue weighted by atomic mass is 19.4. The Kier molecular flexibility index (Phi) is 3.03. The molecule has 2 heterocycles. The molecule has 0 fully saturated rings. The van der Waals surface area contributed by atoms with Crippen molar-refractivity contribution in [1.29, 1.82) is 0 Å². The van der Waals surface area contributed by atoms with E-state index in [9.17, 15) is 13.2 Å². The quantitative estimate of drug-likeness (QED) is 0.800. The van der Waals surface area contributed by atoms with Crippen LogP contribution in [0.1, 0.15) is 24.7 Å². The van der Waals surface area contributed by atoms with E-state index >= 15 is 0 Å². The molecule has 1 aromatic heterocycles. The van der Waals surface area contributed by atoms with Gasteiger partial charge in [0.25, 0.3) is 0 Å². The van der Waals surface area contributed by atoms with Crippen LogP contribution in [0.15, 0.2) is 24.3 Å². The number of halogens is 3. The molecule has 1 unspecified atom stereocenters. The number of nitrogens with zero attached hydrogens (tertiary/aromatic N) is 3. The fraction of sp³-hybridized carbons (Fsp3) is 0.429. The molecule has 0 bridgehead atoms. The van der Waals surface area contributed by atoms with Crippen molar-refractivity contribution >= 4 is 0 Å². The number of benzene rings is 1. The molecule has 1 aliphatic heterocycles. The molecule has 0 spiro atoms. The van der Waals surface area contributed by atoms with Crippen molar-refractivity contribution in [3.63, 3.8) is 0 Å². The lowest BCUT2D eigenvalue weighted by Gasteiger charge is -2.17. The molecule has 0 N–H and O–H groups in total. The van der Waals surface area contributed by atoms with Gasteiger partial charge in [0.2, 0.25) is 0 Å². The number of aryl methyl sites for hydroxylation is 1. The Morgan fingerprint density at radius 1 is 1.20 bits per heavy atom. The summed E-state index contributed by atoms with van der Waals surface area (Å²) in [6.45, 7) is 2.99. The first-order chi connectivity index (χ1) is 9.43. The zero-order valence-electron chi connectivity index (χ0n) is 11.0. The van der Waals surface area contributed by atoms with Crippen LogP contribution in [0, 0.1) is 5.92 Å². The van der Waals surface area contributed by atoms with E-state index < -0.39 is 11.7 Å². The van der Waals surface area contributed by atoms with Gasteiger partial charge in [-0.3, -0.25) is 0 Å². The maximum atomic E-state index is 12.5. The van der Waals surface area contributed by atoms with E-state index in [0.717, 1.165) is 37.3 Å². The monoisotopic (exact) mass is 281 g/mol. The minimum atomic E-state index is -4.31. The van der Waals surface area contributed by atoms with Gasteiger partial charge in [-0.25, -0.2) is 9.67 Å². The summed E-state index contributed by atoms with van der Waals surface area (Å²) in [7, 11) is 0. The van der Waals surface area contributed by atoms with Crippen molar-refractivity contribution in [3.8, 4) is 11.4 Å². The first-order valence-electron chi connectivity index (χ1n) is 6.55. The van der Waals surface area contributed by atoms with Crippen molar-refractivity contribution in [2.75, 3.05) is 0 Å². The maximum absolute atomic E-state index is 12.5. The number of aromatic nitrogens is 3. The third-order valence-corrected chi connectivity index (χ3v) is 3.58. The highest BCUT2D eigenvalue weighted by molar-refractivity contribution is 5.55. The highest BCUT2D eigenvalue weighted by Gasteiger charge is 2.30. The molecule has 1 aliphatic rings. The average molecular weight is 281 g/mol. The summed E-state index contributed by atoms with van der Waals surface area (Å²) in [5, 5.41) is 4.37. The molecule has 106 valence electrons. The summed E-state index contributed by atoms with van der Waals surface area (Å²) >= 11 is 0. The Morgan fingerprint density at radius 3 is 2.55 bits per heavy atom. The van der Waals surface area contributed by atoms with Crippen LogP contribution in [-0.2, 0) is 19.1 Å². The maximum Gasteiger partial charge on any atom is 0.416 e. The van der Waals surface area contributed by atoms with Gasteiger partial charge in [-0.1, -0.05) is 19.1 Å². The normalized spacial score (nSPS) is 18.9. The topological polar surface area (TPSA) is 30.7 Å². The van der Waals surface area contributed by atoms with Gasteiger partial charge < -0.3 is 0 Å². The second kappa shape index (κ2) is 4.61. The minimum absolute atomic E-state index is 0.503. The van der Waals surface area contributed by atoms with E-state index in [4.69, 9.17) is 0 Å². The Morgan fingerprint density at radius 2 is 1.90 bits per heavy atom. The van der Waals surface area contributed by atoms with Gasteiger partial charge in [-0.2, -0.15) is 18.3 Å². The largest absolute Gasteiger partial charge is 0.416 e. The van der Waals surface area contributed by atoms with Gasteiger partial charge in [0.05, 0.1) is 5.56 Å². The number of rotatable bonds is 1. The molecule has 20 heavy (non-hydrogen) atoms. The fourth-order valence-corrected chi connectivity index (χ4v) is 2.39. The standard InChI is InChI=1S/C14H14F3N3/c1-9-6-7-20-12(8-9)18-13(19-20)10-2-4-11(5-3-10)14(15,16)17/h2-5,9H,6-8H2,1H3. The average Bonchev–Trinajstić information content (AvgIpc) is 2.80. The van der Waals surface area contributed by atoms with Gasteiger partial charge in [0, 0.05) is 18.5 Å². The third kappa shape index (κ3) is 2.42. The van der Waals surface area contributed by atoms with Crippen molar-refractivity contribution in [3.05, 3.63) is 35.7 Å². The van der Waals surface area contributed by atoms with Crippen molar-refractivity contribution in [2.45, 2.75) is 32.5 Å². The molecule has 3 nitrogen and oxygen atoms in total. The Bertz CT molecular complexity index is 614. The zero-order valence-corrected chi connectivity index (χ0v) is 11.0. The van der Waals surface area contributed by atoms with Crippen LogP contribution < -0.4 is 0 Å². The second-order valence-electron chi connectivity index (χ2n) is 5.25. The van der Waals surface area contributed by atoms with E-state index in [1.807, 2.05) is 4.68 Å². The first kappa shape index (κ1) is 13.1. The van der Waals surface area contributed by atoms with Crippen molar-refractivity contribution in [1.82, 2.24) is 14.8 Å². The Balaban J connectivity index is 1.90. The molecule has 2 aromatic rings. The van der Waals surface area contributed by atoms with Crippen LogP contribution in [0.3, 0.4) is 0 Å². The third-order valence-electron chi connectivity index (χ3n) is 3.58. The lowest BCUT2D eigenvalue weighted by Crippen LogP contribution is -2.18. The molecular weight excluding hydrogens is 267 g/mol. The summed E-state index contributed by atoms with van der Waals surface area (Å²) in [5.41, 5.74) is -0.0357. The lowest BCUT2D eigenvalue weighted by atomic mass is 10.0.